The quantitative estimate of drug-likeness (QED) is 0.458. The maximum Gasteiger partial charge on any atom is 0.266 e. The van der Waals surface area contributed by atoms with E-state index < -0.39 is 0 Å². The minimum atomic E-state index is -0.136. The Labute approximate surface area is 182 Å². The number of thiocarbonyl (C=S) groups is 1. The van der Waals surface area contributed by atoms with Crippen LogP contribution in [0.5, 0.6) is 0 Å². The largest absolute Gasteiger partial charge is 0.326 e. The zero-order valence-electron chi connectivity index (χ0n) is 14.7. The summed E-state index contributed by atoms with van der Waals surface area (Å²) in [4.78, 5) is 26.8. The SMILES string of the molecule is O=C(CCCN1C(=O)/C(=C/c2ccc(Cl)cc2)SC1=S)Nc1ccc(Cl)cc1. The van der Waals surface area contributed by atoms with Gasteiger partial charge in [0.05, 0.1) is 4.91 Å². The highest BCUT2D eigenvalue weighted by Gasteiger charge is 2.31. The van der Waals surface area contributed by atoms with Crippen molar-refractivity contribution in [2.24, 2.45) is 0 Å². The van der Waals surface area contributed by atoms with Crippen LogP contribution in [0.4, 0.5) is 5.69 Å². The molecule has 0 radical (unpaired) electrons. The molecular weight excluding hydrogens is 435 g/mol. The van der Waals surface area contributed by atoms with Crippen molar-refractivity contribution in [2.45, 2.75) is 12.8 Å². The summed E-state index contributed by atoms with van der Waals surface area (Å²) in [5.74, 6) is -0.257. The lowest BCUT2D eigenvalue weighted by atomic mass is 10.2. The summed E-state index contributed by atoms with van der Waals surface area (Å²) < 4.78 is 0.503. The number of rotatable bonds is 6. The normalized spacial score (nSPS) is 15.4. The van der Waals surface area contributed by atoms with E-state index in [1.807, 2.05) is 12.1 Å². The molecule has 0 bridgehead atoms. The van der Waals surface area contributed by atoms with Crippen LogP contribution in [0.15, 0.2) is 53.4 Å². The number of hydrogen-bond acceptors (Lipinski definition) is 4. The van der Waals surface area contributed by atoms with Crippen molar-refractivity contribution in [2.75, 3.05) is 11.9 Å². The number of amides is 2. The molecule has 0 saturated carbocycles. The number of carbonyl (C=O) groups is 2. The molecule has 1 aliphatic heterocycles. The highest BCUT2D eigenvalue weighted by atomic mass is 35.5. The maximum atomic E-state index is 12.6. The molecule has 1 heterocycles. The summed E-state index contributed by atoms with van der Waals surface area (Å²) in [6.45, 7) is 0.399. The molecule has 8 heteroatoms. The van der Waals surface area contributed by atoms with Gasteiger partial charge in [-0.15, -0.1) is 0 Å². The van der Waals surface area contributed by atoms with Crippen LogP contribution in [0.25, 0.3) is 6.08 Å². The number of halogens is 2. The van der Waals surface area contributed by atoms with Gasteiger partial charge in [-0.2, -0.15) is 0 Å². The van der Waals surface area contributed by atoms with Crippen molar-refractivity contribution in [1.29, 1.82) is 0 Å². The number of benzene rings is 2. The fourth-order valence-corrected chi connectivity index (χ4v) is 4.12. The van der Waals surface area contributed by atoms with Gasteiger partial charge in [-0.3, -0.25) is 14.5 Å². The Morgan fingerprint density at radius 3 is 2.32 bits per heavy atom. The zero-order chi connectivity index (χ0) is 20.1. The highest BCUT2D eigenvalue weighted by molar-refractivity contribution is 8.26. The Balaban J connectivity index is 1.52. The van der Waals surface area contributed by atoms with Crippen LogP contribution in [0.1, 0.15) is 18.4 Å². The number of thioether (sulfide) groups is 1. The molecule has 28 heavy (non-hydrogen) atoms. The molecule has 0 unspecified atom stereocenters. The van der Waals surface area contributed by atoms with Gasteiger partial charge in [0, 0.05) is 28.7 Å². The van der Waals surface area contributed by atoms with Crippen LogP contribution >= 0.6 is 47.2 Å². The van der Waals surface area contributed by atoms with Crippen molar-refractivity contribution in [1.82, 2.24) is 4.90 Å². The van der Waals surface area contributed by atoms with Gasteiger partial charge in [-0.1, -0.05) is 59.3 Å². The van der Waals surface area contributed by atoms with Crippen LogP contribution in [0, 0.1) is 0 Å². The van der Waals surface area contributed by atoms with Gasteiger partial charge in [0.25, 0.3) is 5.91 Å². The molecule has 1 aliphatic rings. The molecule has 144 valence electrons. The van der Waals surface area contributed by atoms with Crippen molar-refractivity contribution in [3.05, 3.63) is 69.0 Å². The van der Waals surface area contributed by atoms with Crippen molar-refractivity contribution in [3.63, 3.8) is 0 Å². The van der Waals surface area contributed by atoms with E-state index in [4.69, 9.17) is 35.4 Å². The smallest absolute Gasteiger partial charge is 0.266 e. The van der Waals surface area contributed by atoms with Crippen molar-refractivity contribution < 1.29 is 9.59 Å². The predicted molar refractivity (Wildman–Crippen MR) is 121 cm³/mol. The summed E-state index contributed by atoms with van der Waals surface area (Å²) in [5, 5.41) is 4.05. The topological polar surface area (TPSA) is 49.4 Å². The van der Waals surface area contributed by atoms with E-state index in [0.29, 0.717) is 37.9 Å². The second-order valence-electron chi connectivity index (χ2n) is 6.04. The lowest BCUT2D eigenvalue weighted by Crippen LogP contribution is -2.29. The first-order valence-corrected chi connectivity index (χ1v) is 10.5. The Kier molecular flexibility index (Phi) is 7.13. The minimum absolute atomic E-state index is 0.121. The van der Waals surface area contributed by atoms with Gasteiger partial charge in [0.2, 0.25) is 5.91 Å². The molecular formula is C20H16Cl2N2O2S2. The number of carbonyl (C=O) groups excluding carboxylic acids is 2. The van der Waals surface area contributed by atoms with Crippen molar-refractivity contribution in [3.8, 4) is 0 Å². The molecule has 2 aromatic carbocycles. The van der Waals surface area contributed by atoms with Gasteiger partial charge < -0.3 is 5.32 Å². The second-order valence-corrected chi connectivity index (χ2v) is 8.59. The molecule has 1 saturated heterocycles. The molecule has 0 aliphatic carbocycles. The molecule has 3 rings (SSSR count). The predicted octanol–water partition coefficient (Wildman–Crippen LogP) is 5.61. The fourth-order valence-electron chi connectivity index (χ4n) is 2.56. The van der Waals surface area contributed by atoms with E-state index in [1.54, 1.807) is 42.5 Å². The van der Waals surface area contributed by atoms with E-state index in [9.17, 15) is 9.59 Å². The fraction of sp³-hybridized carbons (Fsp3) is 0.150. The molecule has 4 nitrogen and oxygen atoms in total. The highest BCUT2D eigenvalue weighted by Crippen LogP contribution is 2.32. The third-order valence-electron chi connectivity index (χ3n) is 3.95. The average Bonchev–Trinajstić information content (AvgIpc) is 2.93. The Morgan fingerprint density at radius 1 is 1.07 bits per heavy atom. The van der Waals surface area contributed by atoms with E-state index in [2.05, 4.69) is 5.32 Å². The molecule has 0 atom stereocenters. The van der Waals surface area contributed by atoms with Gasteiger partial charge in [-0.25, -0.2) is 0 Å². The van der Waals surface area contributed by atoms with E-state index >= 15 is 0 Å². The summed E-state index contributed by atoms with van der Waals surface area (Å²) in [5.41, 5.74) is 1.57. The van der Waals surface area contributed by atoms with Gasteiger partial charge in [0.1, 0.15) is 4.32 Å². The molecule has 0 aromatic heterocycles. The lowest BCUT2D eigenvalue weighted by Gasteiger charge is -2.14. The van der Waals surface area contributed by atoms with Crippen LogP contribution < -0.4 is 5.32 Å². The van der Waals surface area contributed by atoms with Gasteiger partial charge in [-0.05, 0) is 54.5 Å². The summed E-state index contributed by atoms with van der Waals surface area (Å²) >= 11 is 18.3. The van der Waals surface area contributed by atoms with Gasteiger partial charge in [0.15, 0.2) is 0 Å². The molecule has 2 amide bonds. The number of nitrogens with zero attached hydrogens (tertiary/aromatic N) is 1. The van der Waals surface area contributed by atoms with E-state index in [0.717, 1.165) is 5.56 Å². The van der Waals surface area contributed by atoms with Crippen LogP contribution in [-0.4, -0.2) is 27.6 Å². The maximum absolute atomic E-state index is 12.6. The molecule has 1 fully saturated rings. The zero-order valence-corrected chi connectivity index (χ0v) is 17.8. The first-order chi connectivity index (χ1) is 13.4. The molecule has 0 spiro atoms. The standard InChI is InChI=1S/C20H16Cl2N2O2S2/c21-14-5-3-13(4-6-14)12-17-19(26)24(20(27)28-17)11-1-2-18(25)23-16-9-7-15(22)8-10-16/h3-10,12H,1-2,11H2,(H,23,25)/b17-12-. The van der Waals surface area contributed by atoms with E-state index in [-0.39, 0.29) is 18.2 Å². The number of anilines is 1. The van der Waals surface area contributed by atoms with E-state index in [1.165, 1.54) is 16.7 Å². The Hall–Kier alpha value is -1.86. The summed E-state index contributed by atoms with van der Waals surface area (Å²) in [6.07, 6.45) is 2.60. The number of nitrogens with one attached hydrogen (secondary N) is 1. The van der Waals surface area contributed by atoms with Crippen LogP contribution in [-0.2, 0) is 9.59 Å². The third-order valence-corrected chi connectivity index (χ3v) is 5.84. The monoisotopic (exact) mass is 450 g/mol. The summed E-state index contributed by atoms with van der Waals surface area (Å²) in [7, 11) is 0. The first kappa shape index (κ1) is 20.9. The summed E-state index contributed by atoms with van der Waals surface area (Å²) in [6, 6.07) is 14.1. The third kappa shape index (κ3) is 5.58. The minimum Gasteiger partial charge on any atom is -0.326 e. The Morgan fingerprint density at radius 2 is 1.68 bits per heavy atom. The Bertz CT molecular complexity index is 928. The average molecular weight is 451 g/mol. The van der Waals surface area contributed by atoms with Crippen LogP contribution in [0.3, 0.4) is 0 Å². The molecule has 2 aromatic rings. The number of hydrogen-bond donors (Lipinski definition) is 1. The molecule has 1 N–H and O–H groups in total. The van der Waals surface area contributed by atoms with Crippen molar-refractivity contribution >= 4 is 75.1 Å². The first-order valence-electron chi connectivity index (χ1n) is 8.49. The van der Waals surface area contributed by atoms with Gasteiger partial charge >= 0.3 is 0 Å². The second kappa shape index (κ2) is 9.56. The van der Waals surface area contributed by atoms with Crippen LogP contribution in [0.2, 0.25) is 10.0 Å². The lowest BCUT2D eigenvalue weighted by molar-refractivity contribution is -0.122.